The van der Waals surface area contributed by atoms with Gasteiger partial charge in [-0.2, -0.15) is 5.26 Å². The summed E-state index contributed by atoms with van der Waals surface area (Å²) in [4.78, 5) is 11.9. The summed E-state index contributed by atoms with van der Waals surface area (Å²) < 4.78 is 16.0. The van der Waals surface area contributed by atoms with Crippen molar-refractivity contribution in [3.63, 3.8) is 0 Å². The molecule has 0 aliphatic rings. The maximum absolute atomic E-state index is 11.9. The molecule has 0 aliphatic heterocycles. The quantitative estimate of drug-likeness (QED) is 0.316. The van der Waals surface area contributed by atoms with E-state index in [-0.39, 0.29) is 11.7 Å². The van der Waals surface area contributed by atoms with Gasteiger partial charge in [-0.05, 0) is 44.0 Å². The molecule has 0 bridgehead atoms. The number of esters is 1. The molecule has 0 heterocycles. The van der Waals surface area contributed by atoms with E-state index >= 15 is 0 Å². The highest BCUT2D eigenvalue weighted by Gasteiger charge is 2.12. The van der Waals surface area contributed by atoms with Crippen LogP contribution in [0.15, 0.2) is 23.8 Å². The lowest BCUT2D eigenvalue weighted by Crippen LogP contribution is -2.08. The first-order valence-electron chi connectivity index (χ1n) is 7.65. The Bertz CT molecular complexity index is 600. The molecular formula is C18H23NO4. The monoisotopic (exact) mass is 317 g/mol. The zero-order chi connectivity index (χ0) is 17.2. The fourth-order valence-corrected chi connectivity index (χ4v) is 1.82. The van der Waals surface area contributed by atoms with Crippen LogP contribution in [0, 0.1) is 11.3 Å². The van der Waals surface area contributed by atoms with Gasteiger partial charge in [-0.3, -0.25) is 0 Å². The van der Waals surface area contributed by atoms with Crippen molar-refractivity contribution in [3.8, 4) is 17.6 Å². The van der Waals surface area contributed by atoms with E-state index in [1.165, 1.54) is 6.08 Å². The van der Waals surface area contributed by atoms with E-state index in [0.717, 1.165) is 12.8 Å². The van der Waals surface area contributed by atoms with Gasteiger partial charge in [-0.25, -0.2) is 4.79 Å². The van der Waals surface area contributed by atoms with Crippen molar-refractivity contribution in [2.45, 2.75) is 39.7 Å². The van der Waals surface area contributed by atoms with Crippen LogP contribution in [-0.4, -0.2) is 25.8 Å². The number of nitriles is 1. The van der Waals surface area contributed by atoms with E-state index in [2.05, 4.69) is 0 Å². The number of carbonyl (C=O) groups is 1. The molecule has 0 spiro atoms. The third kappa shape index (κ3) is 6.03. The molecule has 0 radical (unpaired) electrons. The SMILES string of the molecule is CCCCOC(=O)/C(C#N)=C/c1ccc(OC(C)C)c(OC)c1. The number of unbranched alkanes of at least 4 members (excludes halogenated alkanes) is 1. The zero-order valence-corrected chi connectivity index (χ0v) is 14.1. The lowest BCUT2D eigenvalue weighted by Gasteiger charge is -2.13. The molecule has 0 N–H and O–H groups in total. The number of methoxy groups -OCH3 is 1. The van der Waals surface area contributed by atoms with Gasteiger partial charge in [0.1, 0.15) is 11.6 Å². The highest BCUT2D eigenvalue weighted by atomic mass is 16.5. The maximum Gasteiger partial charge on any atom is 0.348 e. The number of rotatable bonds is 8. The summed E-state index contributed by atoms with van der Waals surface area (Å²) in [6, 6.07) is 7.11. The summed E-state index contributed by atoms with van der Waals surface area (Å²) in [5.41, 5.74) is 0.627. The van der Waals surface area contributed by atoms with Crippen molar-refractivity contribution in [2.75, 3.05) is 13.7 Å². The lowest BCUT2D eigenvalue weighted by molar-refractivity contribution is -0.138. The summed E-state index contributed by atoms with van der Waals surface area (Å²) in [5.74, 6) is 0.551. The fourth-order valence-electron chi connectivity index (χ4n) is 1.82. The second kappa shape index (κ2) is 9.52. The molecule has 1 aromatic rings. The van der Waals surface area contributed by atoms with Gasteiger partial charge in [0, 0.05) is 0 Å². The Balaban J connectivity index is 2.96. The minimum Gasteiger partial charge on any atom is -0.493 e. The Morgan fingerprint density at radius 2 is 2.09 bits per heavy atom. The van der Waals surface area contributed by atoms with E-state index in [9.17, 15) is 4.79 Å². The molecule has 0 aliphatic carbocycles. The van der Waals surface area contributed by atoms with E-state index < -0.39 is 5.97 Å². The summed E-state index contributed by atoms with van der Waals surface area (Å²) in [5, 5.41) is 9.14. The molecule has 0 amide bonds. The van der Waals surface area contributed by atoms with Gasteiger partial charge in [0.25, 0.3) is 0 Å². The summed E-state index contributed by atoms with van der Waals surface area (Å²) in [6.45, 7) is 6.17. The number of benzene rings is 1. The Morgan fingerprint density at radius 1 is 1.35 bits per heavy atom. The van der Waals surface area contributed by atoms with E-state index in [0.29, 0.717) is 23.7 Å². The second-order valence-corrected chi connectivity index (χ2v) is 5.24. The van der Waals surface area contributed by atoms with Crippen LogP contribution >= 0.6 is 0 Å². The van der Waals surface area contributed by atoms with E-state index in [4.69, 9.17) is 19.5 Å². The van der Waals surface area contributed by atoms with Crippen molar-refractivity contribution in [3.05, 3.63) is 29.3 Å². The minimum atomic E-state index is -0.609. The van der Waals surface area contributed by atoms with Gasteiger partial charge in [-0.1, -0.05) is 19.4 Å². The van der Waals surface area contributed by atoms with Crippen LogP contribution in [0.4, 0.5) is 0 Å². The molecule has 23 heavy (non-hydrogen) atoms. The van der Waals surface area contributed by atoms with E-state index in [1.807, 2.05) is 26.8 Å². The average molecular weight is 317 g/mol. The fraction of sp³-hybridized carbons (Fsp3) is 0.444. The first-order chi connectivity index (χ1) is 11.0. The van der Waals surface area contributed by atoms with Crippen molar-refractivity contribution in [1.82, 2.24) is 0 Å². The number of carbonyl (C=O) groups excluding carboxylic acids is 1. The van der Waals surface area contributed by atoms with Crippen molar-refractivity contribution < 1.29 is 19.0 Å². The van der Waals surface area contributed by atoms with Gasteiger partial charge >= 0.3 is 5.97 Å². The summed E-state index contributed by atoms with van der Waals surface area (Å²) in [7, 11) is 1.54. The number of ether oxygens (including phenoxy) is 3. The predicted octanol–water partition coefficient (Wildman–Crippen LogP) is 3.73. The zero-order valence-electron chi connectivity index (χ0n) is 14.1. The third-order valence-corrected chi connectivity index (χ3v) is 2.93. The van der Waals surface area contributed by atoms with Crippen LogP contribution in [-0.2, 0) is 9.53 Å². The standard InChI is InChI=1S/C18H23NO4/c1-5-6-9-22-18(20)15(12-19)10-14-7-8-16(23-13(2)3)17(11-14)21-4/h7-8,10-11,13H,5-6,9H2,1-4H3/b15-10+. The number of hydrogen-bond donors (Lipinski definition) is 0. The second-order valence-electron chi connectivity index (χ2n) is 5.24. The van der Waals surface area contributed by atoms with Crippen LogP contribution < -0.4 is 9.47 Å². The van der Waals surface area contributed by atoms with Crippen LogP contribution in [0.25, 0.3) is 6.08 Å². The highest BCUT2D eigenvalue weighted by Crippen LogP contribution is 2.29. The van der Waals surface area contributed by atoms with Gasteiger partial charge < -0.3 is 14.2 Å². The molecule has 0 saturated heterocycles. The molecule has 5 nitrogen and oxygen atoms in total. The largest absolute Gasteiger partial charge is 0.493 e. The Morgan fingerprint density at radius 3 is 2.65 bits per heavy atom. The first-order valence-corrected chi connectivity index (χ1v) is 7.65. The maximum atomic E-state index is 11.9. The molecular weight excluding hydrogens is 294 g/mol. The van der Waals surface area contributed by atoms with Crippen molar-refractivity contribution in [2.24, 2.45) is 0 Å². The number of nitrogens with zero attached hydrogens (tertiary/aromatic N) is 1. The van der Waals surface area contributed by atoms with Crippen LogP contribution in [0.5, 0.6) is 11.5 Å². The molecule has 0 fully saturated rings. The molecule has 1 rings (SSSR count). The minimum absolute atomic E-state index is 0.0218. The molecule has 5 heteroatoms. The molecule has 0 saturated carbocycles. The normalized spacial score (nSPS) is 11.0. The summed E-state index contributed by atoms with van der Waals surface area (Å²) >= 11 is 0. The predicted molar refractivity (Wildman–Crippen MR) is 88.2 cm³/mol. The van der Waals surface area contributed by atoms with Crippen LogP contribution in [0.1, 0.15) is 39.2 Å². The summed E-state index contributed by atoms with van der Waals surface area (Å²) in [6.07, 6.45) is 3.21. The average Bonchev–Trinajstić information content (AvgIpc) is 2.53. The smallest absolute Gasteiger partial charge is 0.348 e. The van der Waals surface area contributed by atoms with Crippen molar-refractivity contribution >= 4 is 12.0 Å². The first kappa shape index (κ1) is 18.6. The van der Waals surface area contributed by atoms with E-state index in [1.54, 1.807) is 25.3 Å². The Labute approximate surface area is 137 Å². The third-order valence-electron chi connectivity index (χ3n) is 2.93. The molecule has 1 aromatic carbocycles. The van der Waals surface area contributed by atoms with Crippen molar-refractivity contribution in [1.29, 1.82) is 5.26 Å². The van der Waals surface area contributed by atoms with Crippen LogP contribution in [0.3, 0.4) is 0 Å². The van der Waals surface area contributed by atoms with Gasteiger partial charge in [0.15, 0.2) is 11.5 Å². The Hall–Kier alpha value is -2.48. The molecule has 0 atom stereocenters. The molecule has 124 valence electrons. The topological polar surface area (TPSA) is 68.6 Å². The Kier molecular flexibility index (Phi) is 7.69. The van der Waals surface area contributed by atoms with Gasteiger partial charge in [-0.15, -0.1) is 0 Å². The highest BCUT2D eigenvalue weighted by molar-refractivity contribution is 5.97. The van der Waals surface area contributed by atoms with Gasteiger partial charge in [0.05, 0.1) is 19.8 Å². The molecule has 0 unspecified atom stereocenters. The lowest BCUT2D eigenvalue weighted by atomic mass is 10.1. The van der Waals surface area contributed by atoms with Crippen LogP contribution in [0.2, 0.25) is 0 Å². The number of hydrogen-bond acceptors (Lipinski definition) is 5. The molecule has 0 aromatic heterocycles. The van der Waals surface area contributed by atoms with Gasteiger partial charge in [0.2, 0.25) is 0 Å².